The molecule has 0 fully saturated rings. The van der Waals surface area contributed by atoms with E-state index < -0.39 is 0 Å². The molecule has 0 radical (unpaired) electrons. The van der Waals surface area contributed by atoms with Gasteiger partial charge in [-0.05, 0) is 30.7 Å². The van der Waals surface area contributed by atoms with Crippen molar-refractivity contribution < 1.29 is 0 Å². The molecule has 1 aromatic heterocycles. The summed E-state index contributed by atoms with van der Waals surface area (Å²) in [7, 11) is 1.91. The Kier molecular flexibility index (Phi) is 4.27. The molecule has 1 unspecified atom stereocenters. The van der Waals surface area contributed by atoms with Gasteiger partial charge < -0.3 is 5.32 Å². The van der Waals surface area contributed by atoms with Crippen molar-refractivity contribution in [1.29, 1.82) is 0 Å². The zero-order valence-corrected chi connectivity index (χ0v) is 11.8. The number of nitrogens with one attached hydrogen (secondary N) is 1. The molecular weight excluding hydrogens is 269 g/mol. The lowest BCUT2D eigenvalue weighted by Crippen LogP contribution is -2.18. The predicted octanol–water partition coefficient (Wildman–Crippen LogP) is 3.58. The number of rotatable bonds is 4. The number of nitrogens with zero attached hydrogens (tertiary/aromatic N) is 2. The van der Waals surface area contributed by atoms with Gasteiger partial charge in [-0.1, -0.05) is 29.3 Å². The molecule has 5 heteroatoms. The molecule has 1 heterocycles. The summed E-state index contributed by atoms with van der Waals surface area (Å²) in [6.45, 7) is 2.78. The third kappa shape index (κ3) is 3.25. The molecule has 0 amide bonds. The molecule has 1 aromatic carbocycles. The van der Waals surface area contributed by atoms with E-state index in [1.165, 1.54) is 0 Å². The minimum atomic E-state index is 0.150. The van der Waals surface area contributed by atoms with Crippen LogP contribution < -0.4 is 5.32 Å². The highest BCUT2D eigenvalue weighted by Crippen LogP contribution is 2.26. The van der Waals surface area contributed by atoms with Gasteiger partial charge in [0.05, 0.1) is 5.69 Å². The summed E-state index contributed by atoms with van der Waals surface area (Å²) in [5.74, 6) is 0. The fourth-order valence-electron chi connectivity index (χ4n) is 1.78. The minimum absolute atomic E-state index is 0.150. The highest BCUT2D eigenvalue weighted by molar-refractivity contribution is 6.35. The van der Waals surface area contributed by atoms with Crippen LogP contribution in [0.1, 0.15) is 24.2 Å². The van der Waals surface area contributed by atoms with Gasteiger partial charge in [0.25, 0.3) is 0 Å². The Bertz CT molecular complexity index is 537. The summed E-state index contributed by atoms with van der Waals surface area (Å²) < 4.78 is 1.79. The Morgan fingerprint density at radius 2 is 2.11 bits per heavy atom. The molecule has 0 aliphatic carbocycles. The lowest BCUT2D eigenvalue weighted by Gasteiger charge is -2.15. The van der Waals surface area contributed by atoms with E-state index in [-0.39, 0.29) is 6.04 Å². The van der Waals surface area contributed by atoms with Gasteiger partial charge in [0.1, 0.15) is 0 Å². The van der Waals surface area contributed by atoms with E-state index in [2.05, 4.69) is 17.3 Å². The van der Waals surface area contributed by atoms with Crippen molar-refractivity contribution in [3.8, 4) is 0 Å². The summed E-state index contributed by atoms with van der Waals surface area (Å²) in [4.78, 5) is 0. The van der Waals surface area contributed by atoms with Crippen LogP contribution in [0.4, 0.5) is 0 Å². The van der Waals surface area contributed by atoms with E-state index in [0.717, 1.165) is 11.3 Å². The average molecular weight is 284 g/mol. The van der Waals surface area contributed by atoms with Crippen molar-refractivity contribution >= 4 is 23.2 Å². The van der Waals surface area contributed by atoms with E-state index >= 15 is 0 Å². The number of aromatic nitrogens is 2. The van der Waals surface area contributed by atoms with E-state index in [1.807, 2.05) is 31.4 Å². The van der Waals surface area contributed by atoms with Crippen LogP contribution in [0.5, 0.6) is 0 Å². The SMILES string of the molecule is CC(NCc1ccn(C)n1)c1ccc(Cl)cc1Cl. The zero-order chi connectivity index (χ0) is 13.1. The van der Waals surface area contributed by atoms with Gasteiger partial charge in [-0.15, -0.1) is 0 Å². The van der Waals surface area contributed by atoms with Crippen LogP contribution in [0.2, 0.25) is 10.0 Å². The average Bonchev–Trinajstić information content (AvgIpc) is 2.72. The summed E-state index contributed by atoms with van der Waals surface area (Å²) in [5.41, 5.74) is 2.05. The summed E-state index contributed by atoms with van der Waals surface area (Å²) >= 11 is 12.0. The van der Waals surface area contributed by atoms with Gasteiger partial charge in [-0.2, -0.15) is 5.10 Å². The predicted molar refractivity (Wildman–Crippen MR) is 74.9 cm³/mol. The van der Waals surface area contributed by atoms with Gasteiger partial charge >= 0.3 is 0 Å². The number of halogens is 2. The van der Waals surface area contributed by atoms with Crippen LogP contribution in [0.15, 0.2) is 30.5 Å². The number of hydrogen-bond acceptors (Lipinski definition) is 2. The first-order valence-electron chi connectivity index (χ1n) is 5.73. The van der Waals surface area contributed by atoms with Gasteiger partial charge in [-0.3, -0.25) is 4.68 Å². The van der Waals surface area contributed by atoms with Gasteiger partial charge in [-0.25, -0.2) is 0 Å². The Morgan fingerprint density at radius 1 is 1.33 bits per heavy atom. The van der Waals surface area contributed by atoms with Crippen molar-refractivity contribution in [3.63, 3.8) is 0 Å². The molecule has 0 aliphatic rings. The first-order chi connectivity index (χ1) is 8.56. The number of benzene rings is 1. The molecular formula is C13H15Cl2N3. The van der Waals surface area contributed by atoms with Crippen molar-refractivity contribution in [1.82, 2.24) is 15.1 Å². The first kappa shape index (κ1) is 13.4. The molecule has 2 rings (SSSR count). The molecule has 1 atom stereocenters. The van der Waals surface area contributed by atoms with Crippen LogP contribution in [-0.4, -0.2) is 9.78 Å². The van der Waals surface area contributed by atoms with Crippen LogP contribution in [0, 0.1) is 0 Å². The van der Waals surface area contributed by atoms with Crippen LogP contribution in [0.3, 0.4) is 0 Å². The maximum absolute atomic E-state index is 6.17. The fraction of sp³-hybridized carbons (Fsp3) is 0.308. The number of hydrogen-bond donors (Lipinski definition) is 1. The second-order valence-corrected chi connectivity index (χ2v) is 5.09. The Morgan fingerprint density at radius 3 is 2.72 bits per heavy atom. The topological polar surface area (TPSA) is 29.9 Å². The minimum Gasteiger partial charge on any atom is -0.304 e. The maximum Gasteiger partial charge on any atom is 0.0762 e. The van der Waals surface area contributed by atoms with E-state index in [1.54, 1.807) is 10.7 Å². The van der Waals surface area contributed by atoms with Gasteiger partial charge in [0.2, 0.25) is 0 Å². The molecule has 0 saturated carbocycles. The van der Waals surface area contributed by atoms with Crippen molar-refractivity contribution in [2.75, 3.05) is 0 Å². The van der Waals surface area contributed by atoms with E-state index in [0.29, 0.717) is 16.6 Å². The molecule has 1 N–H and O–H groups in total. The molecule has 18 heavy (non-hydrogen) atoms. The largest absolute Gasteiger partial charge is 0.304 e. The molecule has 96 valence electrons. The lowest BCUT2D eigenvalue weighted by molar-refractivity contribution is 0.562. The van der Waals surface area contributed by atoms with Gasteiger partial charge in [0, 0.05) is 35.9 Å². The molecule has 0 saturated heterocycles. The van der Waals surface area contributed by atoms with Crippen LogP contribution >= 0.6 is 23.2 Å². The summed E-state index contributed by atoms with van der Waals surface area (Å²) in [6, 6.07) is 7.69. The number of aryl methyl sites for hydroxylation is 1. The molecule has 2 aromatic rings. The Labute approximate surface area is 117 Å². The third-order valence-corrected chi connectivity index (χ3v) is 3.35. The van der Waals surface area contributed by atoms with Gasteiger partial charge in [0.15, 0.2) is 0 Å². The Hall–Kier alpha value is -1.03. The molecule has 3 nitrogen and oxygen atoms in total. The monoisotopic (exact) mass is 283 g/mol. The standard InChI is InChI=1S/C13H15Cl2N3/c1-9(12-4-3-10(14)7-13(12)15)16-8-11-5-6-18(2)17-11/h3-7,9,16H,8H2,1-2H3. The fourth-order valence-corrected chi connectivity index (χ4v) is 2.35. The summed E-state index contributed by atoms with van der Waals surface area (Å²) in [5, 5.41) is 9.04. The highest BCUT2D eigenvalue weighted by atomic mass is 35.5. The smallest absolute Gasteiger partial charge is 0.0762 e. The second-order valence-electron chi connectivity index (χ2n) is 4.25. The maximum atomic E-state index is 6.17. The first-order valence-corrected chi connectivity index (χ1v) is 6.48. The van der Waals surface area contributed by atoms with Crippen molar-refractivity contribution in [2.24, 2.45) is 7.05 Å². The normalized spacial score (nSPS) is 12.7. The lowest BCUT2D eigenvalue weighted by atomic mass is 10.1. The van der Waals surface area contributed by atoms with E-state index in [9.17, 15) is 0 Å². The van der Waals surface area contributed by atoms with Crippen molar-refractivity contribution in [3.05, 3.63) is 51.8 Å². The molecule has 0 spiro atoms. The Balaban J connectivity index is 2.01. The molecule has 0 aliphatic heterocycles. The third-order valence-electron chi connectivity index (χ3n) is 2.79. The van der Waals surface area contributed by atoms with E-state index in [4.69, 9.17) is 23.2 Å². The quantitative estimate of drug-likeness (QED) is 0.930. The van der Waals surface area contributed by atoms with Crippen LogP contribution in [0.25, 0.3) is 0 Å². The van der Waals surface area contributed by atoms with Crippen molar-refractivity contribution in [2.45, 2.75) is 19.5 Å². The zero-order valence-electron chi connectivity index (χ0n) is 10.3. The van der Waals surface area contributed by atoms with Crippen LogP contribution in [-0.2, 0) is 13.6 Å². The second kappa shape index (κ2) is 5.74. The summed E-state index contributed by atoms with van der Waals surface area (Å²) in [6.07, 6.45) is 1.93. The highest BCUT2D eigenvalue weighted by Gasteiger charge is 2.10. The molecule has 0 bridgehead atoms.